The Hall–Kier alpha value is -1.49. The van der Waals surface area contributed by atoms with Crippen LogP contribution >= 0.6 is 11.8 Å². The summed E-state index contributed by atoms with van der Waals surface area (Å²) in [5.74, 6) is 0.821. The van der Waals surface area contributed by atoms with Gasteiger partial charge in [0.25, 0.3) is 5.24 Å². The number of thioether (sulfide) groups is 1. The molecule has 1 aliphatic heterocycles. The number of nitrogens with zero attached hydrogens (tertiary/aromatic N) is 1. The lowest BCUT2D eigenvalue weighted by Crippen LogP contribution is -2.32. The molecule has 1 atom stereocenters. The Labute approximate surface area is 117 Å². The first-order chi connectivity index (χ1) is 9.16. The van der Waals surface area contributed by atoms with Crippen LogP contribution in [-0.2, 0) is 4.79 Å². The molecule has 0 aliphatic carbocycles. The van der Waals surface area contributed by atoms with Gasteiger partial charge in [-0.05, 0) is 12.5 Å². The van der Waals surface area contributed by atoms with E-state index in [4.69, 9.17) is 0 Å². The molecule has 1 saturated heterocycles. The molecule has 0 radical (unpaired) electrons. The average Bonchev–Trinajstić information content (AvgIpc) is 2.83. The van der Waals surface area contributed by atoms with Crippen LogP contribution in [0.25, 0.3) is 0 Å². The summed E-state index contributed by atoms with van der Waals surface area (Å²) in [5.41, 5.74) is 1.09. The second kappa shape index (κ2) is 6.61. The Morgan fingerprint density at radius 3 is 2.79 bits per heavy atom. The molecule has 1 aliphatic rings. The second-order valence-electron chi connectivity index (χ2n) is 4.55. The van der Waals surface area contributed by atoms with Crippen LogP contribution in [-0.4, -0.2) is 34.9 Å². The number of benzene rings is 1. The molecule has 19 heavy (non-hydrogen) atoms. The van der Waals surface area contributed by atoms with Crippen molar-refractivity contribution >= 4 is 22.9 Å². The molecule has 0 spiro atoms. The van der Waals surface area contributed by atoms with E-state index in [1.165, 1.54) is 11.8 Å². The highest BCUT2D eigenvalue weighted by molar-refractivity contribution is 8.13. The van der Waals surface area contributed by atoms with Crippen LogP contribution in [0.1, 0.15) is 24.9 Å². The monoisotopic (exact) mass is 278 g/mol. The molecule has 102 valence electrons. The highest BCUT2D eigenvalue weighted by Crippen LogP contribution is 2.17. The zero-order chi connectivity index (χ0) is 13.7. The minimum Gasteiger partial charge on any atom is -0.350 e. The van der Waals surface area contributed by atoms with Crippen LogP contribution in [0, 0.1) is 0 Å². The third kappa shape index (κ3) is 3.99. The third-order valence-corrected chi connectivity index (χ3v) is 4.02. The number of nitrogens with one attached hydrogen (secondary N) is 1. The molecule has 4 nitrogen and oxygen atoms in total. The predicted octanol–water partition coefficient (Wildman–Crippen LogP) is 2.42. The first-order valence-corrected chi connectivity index (χ1v) is 7.41. The van der Waals surface area contributed by atoms with Gasteiger partial charge in [0.2, 0.25) is 5.91 Å². The number of carbonyl (C=O) groups is 2. The lowest BCUT2D eigenvalue weighted by atomic mass is 10.1. The van der Waals surface area contributed by atoms with Gasteiger partial charge < -0.3 is 10.2 Å². The molecule has 1 N–H and O–H groups in total. The molecule has 1 aromatic carbocycles. The number of rotatable bonds is 5. The van der Waals surface area contributed by atoms with Crippen molar-refractivity contribution in [2.24, 2.45) is 0 Å². The fraction of sp³-hybridized carbons (Fsp3) is 0.429. The Kier molecular flexibility index (Phi) is 4.85. The number of hydrogen-bond acceptors (Lipinski definition) is 3. The van der Waals surface area contributed by atoms with Gasteiger partial charge >= 0.3 is 0 Å². The summed E-state index contributed by atoms with van der Waals surface area (Å²) in [7, 11) is 0. The van der Waals surface area contributed by atoms with Crippen molar-refractivity contribution in [3.05, 3.63) is 35.9 Å². The molecule has 2 rings (SSSR count). The van der Waals surface area contributed by atoms with E-state index in [9.17, 15) is 9.59 Å². The smallest absolute Gasteiger partial charge is 0.281 e. The number of hydrogen-bond donors (Lipinski definition) is 1. The van der Waals surface area contributed by atoms with E-state index in [0.717, 1.165) is 17.9 Å². The van der Waals surface area contributed by atoms with Gasteiger partial charge in [-0.2, -0.15) is 0 Å². The molecule has 0 bridgehead atoms. The summed E-state index contributed by atoms with van der Waals surface area (Å²) in [6.45, 7) is 3.23. The second-order valence-corrected chi connectivity index (χ2v) is 5.60. The van der Waals surface area contributed by atoms with E-state index in [-0.39, 0.29) is 17.2 Å². The maximum atomic E-state index is 11.8. The molecule has 0 saturated carbocycles. The summed E-state index contributed by atoms with van der Waals surface area (Å²) in [5, 5.41) is 3.04. The maximum Gasteiger partial charge on any atom is 0.281 e. The largest absolute Gasteiger partial charge is 0.350 e. The van der Waals surface area contributed by atoms with Crippen LogP contribution in [0.4, 0.5) is 4.79 Å². The standard InChI is InChI=1S/C14H18N2O2S/c1-11(12-5-3-2-4-6-12)15-13(17)7-8-16-9-10-19-14(16)18/h2-6,11H,7-10H2,1H3,(H,15,17). The summed E-state index contributed by atoms with van der Waals surface area (Å²) in [4.78, 5) is 25.0. The Balaban J connectivity index is 1.76. The summed E-state index contributed by atoms with van der Waals surface area (Å²) in [6, 6.07) is 9.85. The van der Waals surface area contributed by atoms with Crippen molar-refractivity contribution in [2.75, 3.05) is 18.8 Å². The lowest BCUT2D eigenvalue weighted by Gasteiger charge is -2.17. The first kappa shape index (κ1) is 13.9. The van der Waals surface area contributed by atoms with Crippen LogP contribution in [0.3, 0.4) is 0 Å². The topological polar surface area (TPSA) is 49.4 Å². The summed E-state index contributed by atoms with van der Waals surface area (Å²) >= 11 is 1.32. The zero-order valence-electron chi connectivity index (χ0n) is 11.0. The minimum atomic E-state index is -0.0129. The molecule has 1 fully saturated rings. The quantitative estimate of drug-likeness (QED) is 0.900. The van der Waals surface area contributed by atoms with Crippen LogP contribution in [0.15, 0.2) is 30.3 Å². The molecule has 1 heterocycles. The van der Waals surface area contributed by atoms with Gasteiger partial charge in [-0.15, -0.1) is 0 Å². The lowest BCUT2D eigenvalue weighted by molar-refractivity contribution is -0.121. The van der Waals surface area contributed by atoms with Gasteiger partial charge in [-0.25, -0.2) is 0 Å². The van der Waals surface area contributed by atoms with E-state index in [1.807, 2.05) is 37.3 Å². The fourth-order valence-electron chi connectivity index (χ4n) is 2.00. The van der Waals surface area contributed by atoms with Gasteiger partial charge in [0.05, 0.1) is 6.04 Å². The van der Waals surface area contributed by atoms with Crippen molar-refractivity contribution in [2.45, 2.75) is 19.4 Å². The van der Waals surface area contributed by atoms with Crippen molar-refractivity contribution < 1.29 is 9.59 Å². The Bertz CT molecular complexity index is 450. The van der Waals surface area contributed by atoms with Gasteiger partial charge in [0, 0.05) is 25.3 Å². The highest BCUT2D eigenvalue weighted by atomic mass is 32.2. The molecule has 0 aromatic heterocycles. The van der Waals surface area contributed by atoms with E-state index >= 15 is 0 Å². The van der Waals surface area contributed by atoms with Crippen molar-refractivity contribution in [3.63, 3.8) is 0 Å². The fourth-order valence-corrected chi connectivity index (χ4v) is 2.86. The SMILES string of the molecule is CC(NC(=O)CCN1CCSC1=O)c1ccccc1. The zero-order valence-corrected chi connectivity index (χ0v) is 11.8. The Morgan fingerprint density at radius 2 is 2.16 bits per heavy atom. The van der Waals surface area contributed by atoms with Gasteiger partial charge in [0.1, 0.15) is 0 Å². The first-order valence-electron chi connectivity index (χ1n) is 6.43. The van der Waals surface area contributed by atoms with Gasteiger partial charge in [-0.1, -0.05) is 42.1 Å². The molecule has 2 amide bonds. The minimum absolute atomic E-state index is 0.00245. The Morgan fingerprint density at radius 1 is 1.42 bits per heavy atom. The molecular formula is C14H18N2O2S. The average molecular weight is 278 g/mol. The number of amides is 2. The van der Waals surface area contributed by atoms with Crippen molar-refractivity contribution in [3.8, 4) is 0 Å². The maximum absolute atomic E-state index is 11.8. The van der Waals surface area contributed by atoms with E-state index in [1.54, 1.807) is 4.90 Å². The third-order valence-electron chi connectivity index (χ3n) is 3.13. The van der Waals surface area contributed by atoms with Crippen molar-refractivity contribution in [1.82, 2.24) is 10.2 Å². The molecular weight excluding hydrogens is 260 g/mol. The normalized spacial score (nSPS) is 16.5. The molecule has 5 heteroatoms. The number of carbonyl (C=O) groups excluding carboxylic acids is 2. The van der Waals surface area contributed by atoms with Crippen LogP contribution in [0.5, 0.6) is 0 Å². The summed E-state index contributed by atoms with van der Waals surface area (Å²) < 4.78 is 0. The summed E-state index contributed by atoms with van der Waals surface area (Å²) in [6.07, 6.45) is 0.365. The molecule has 1 unspecified atom stereocenters. The van der Waals surface area contributed by atoms with Crippen LogP contribution in [0.2, 0.25) is 0 Å². The predicted molar refractivity (Wildman–Crippen MR) is 77.0 cm³/mol. The van der Waals surface area contributed by atoms with Gasteiger partial charge in [-0.3, -0.25) is 9.59 Å². The van der Waals surface area contributed by atoms with Crippen LogP contribution < -0.4 is 5.32 Å². The van der Waals surface area contributed by atoms with E-state index in [2.05, 4.69) is 5.32 Å². The van der Waals surface area contributed by atoms with E-state index < -0.39 is 0 Å². The van der Waals surface area contributed by atoms with E-state index in [0.29, 0.717) is 13.0 Å². The van der Waals surface area contributed by atoms with Crippen molar-refractivity contribution in [1.29, 1.82) is 0 Å². The molecule has 1 aromatic rings. The highest BCUT2D eigenvalue weighted by Gasteiger charge is 2.21. The van der Waals surface area contributed by atoms with Gasteiger partial charge in [0.15, 0.2) is 0 Å².